The SMILES string of the molecule is CC(C)(C)C[C@@H]1N[C@@H](C(=O)CC2CCC(O)CC2)[C@H](c2cccc(Cl)c2F)[C@@]12C(=O)Nc1cc(Cl)ccc12.CC(C)(C)C[C@@H]1N[C@@H](C(=O)CC2CCC(O)CC2)[C@H](c2cccc(Cl)c2F)[C@]12C(=O)Nc1cc(Cl)ccc12.CC(C)(C)C[C@H]1N[C@@H](C(=O)CC2CCC(O)CC2)[C@H](c2cccc(Cl)c2F)[C@@]12C(=O)Nc1cc(Cl)ccc12. The highest BCUT2D eigenvalue weighted by atomic mass is 35.5. The first-order valence-electron chi connectivity index (χ1n) is 40.3. The minimum atomic E-state index is -1.23. The first-order valence-corrected chi connectivity index (χ1v) is 42.6. The van der Waals surface area contributed by atoms with Crippen molar-refractivity contribution < 1.29 is 57.3 Å². The predicted octanol–water partition coefficient (Wildman–Crippen LogP) is 19.2. The number of nitrogens with one attached hydrogen (secondary N) is 6. The molecule has 24 heteroatoms. The molecule has 612 valence electrons. The Balaban J connectivity index is 0.000000149. The zero-order valence-electron chi connectivity index (χ0n) is 66.0. The molecule has 3 saturated heterocycles. The van der Waals surface area contributed by atoms with Gasteiger partial charge in [0, 0.05) is 87.3 Å². The fourth-order valence-corrected chi connectivity index (χ4v) is 22.0. The van der Waals surface area contributed by atoms with Gasteiger partial charge in [-0.05, 0) is 218 Å². The van der Waals surface area contributed by atoms with Gasteiger partial charge in [0.25, 0.3) is 0 Å². The third-order valence-electron chi connectivity index (χ3n) is 25.8. The molecule has 0 radical (unpaired) electrons. The summed E-state index contributed by atoms with van der Waals surface area (Å²) >= 11 is 37.7. The first-order chi connectivity index (χ1) is 53.7. The minimum Gasteiger partial charge on any atom is -0.393 e. The molecule has 6 fully saturated rings. The van der Waals surface area contributed by atoms with Gasteiger partial charge in [-0.3, -0.25) is 28.8 Å². The molecule has 6 aromatic rings. The van der Waals surface area contributed by atoms with Gasteiger partial charge in [-0.15, -0.1) is 0 Å². The lowest BCUT2D eigenvalue weighted by Crippen LogP contribution is -2.49. The molecule has 9 aliphatic rings. The van der Waals surface area contributed by atoms with Gasteiger partial charge in [0.15, 0.2) is 17.3 Å². The maximum atomic E-state index is 15.8. The Morgan fingerprint density at radius 3 is 0.842 bits per heavy atom. The molecule has 6 aromatic carbocycles. The number of amides is 3. The molecule has 15 nitrogen and oxygen atoms in total. The molecule has 3 spiro atoms. The molecular formula is C90H105Cl6F3N6O9. The summed E-state index contributed by atoms with van der Waals surface area (Å²) < 4.78 is 47.4. The average molecular weight is 1680 g/mol. The van der Waals surface area contributed by atoms with Crippen molar-refractivity contribution in [1.82, 2.24) is 16.0 Å². The number of aliphatic hydroxyl groups excluding tert-OH is 3. The van der Waals surface area contributed by atoms with E-state index in [1.54, 1.807) is 72.8 Å². The van der Waals surface area contributed by atoms with Gasteiger partial charge in [0.1, 0.15) is 33.7 Å². The Bertz CT molecular complexity index is 4220. The summed E-state index contributed by atoms with van der Waals surface area (Å²) in [7, 11) is 0. The number of rotatable bonds is 15. The quantitative estimate of drug-likeness (QED) is 0.0467. The van der Waals surface area contributed by atoms with Crippen molar-refractivity contribution in [3.8, 4) is 0 Å². The van der Waals surface area contributed by atoms with Crippen LogP contribution in [0, 0.1) is 51.5 Å². The lowest BCUT2D eigenvalue weighted by molar-refractivity contribution is -0.125. The van der Waals surface area contributed by atoms with Gasteiger partial charge in [0.05, 0.1) is 51.5 Å². The molecule has 0 unspecified atom stereocenters. The highest BCUT2D eigenvalue weighted by molar-refractivity contribution is 6.33. The average Bonchev–Trinajstić information content (AvgIpc) is 1.54. The summed E-state index contributed by atoms with van der Waals surface area (Å²) in [4.78, 5) is 84.6. The number of aliphatic hydroxyl groups is 3. The Kier molecular flexibility index (Phi) is 25.4. The smallest absolute Gasteiger partial charge is 0.237 e. The molecule has 3 amide bonds. The predicted molar refractivity (Wildman–Crippen MR) is 445 cm³/mol. The van der Waals surface area contributed by atoms with E-state index in [1.165, 1.54) is 18.2 Å². The van der Waals surface area contributed by atoms with E-state index in [0.29, 0.717) is 126 Å². The van der Waals surface area contributed by atoms with Crippen molar-refractivity contribution in [3.63, 3.8) is 0 Å². The monoisotopic (exact) mass is 1680 g/mol. The standard InChI is InChI=1S/3C30H35Cl2FN2O3/c3*1-29(2,3)15-24-30(20-12-9-17(31)14-22(20)34-28(30)38)25(19-5-4-6-21(32)26(19)33)27(35-24)23(37)13-16-7-10-18(36)11-8-16/h3*4-6,9,12,14,16,18,24-25,27,35-36H,7-8,10-11,13,15H2,1-3H3,(H,34,38)/t16?,18?,24-,25+,27+,30+;16?,18?,24-,25-,27-,30+;16?,18?,24-,25-,27-,30-/m100/s1. The molecule has 114 heavy (non-hydrogen) atoms. The van der Waals surface area contributed by atoms with Gasteiger partial charge >= 0.3 is 0 Å². The van der Waals surface area contributed by atoms with Crippen molar-refractivity contribution in [3.05, 3.63) is 190 Å². The summed E-state index contributed by atoms with van der Waals surface area (Å²) in [6.07, 6.45) is 10.4. The molecule has 6 aliphatic heterocycles. The minimum absolute atomic E-state index is 0.0400. The van der Waals surface area contributed by atoms with Crippen molar-refractivity contribution >= 4 is 122 Å². The van der Waals surface area contributed by atoms with Crippen LogP contribution in [0.2, 0.25) is 30.1 Å². The van der Waals surface area contributed by atoms with E-state index in [2.05, 4.69) is 94.2 Å². The number of benzene rings is 6. The number of fused-ring (bicyclic) bond motifs is 6. The zero-order chi connectivity index (χ0) is 82.2. The molecule has 15 rings (SSSR count). The first kappa shape index (κ1) is 85.9. The van der Waals surface area contributed by atoms with Gasteiger partial charge in [-0.1, -0.05) is 187 Å². The summed E-state index contributed by atoms with van der Waals surface area (Å²) in [5, 5.41) is 50.8. The van der Waals surface area contributed by atoms with Crippen LogP contribution in [0.3, 0.4) is 0 Å². The molecule has 12 atom stereocenters. The van der Waals surface area contributed by atoms with Crippen LogP contribution in [0.1, 0.15) is 229 Å². The van der Waals surface area contributed by atoms with Gasteiger partial charge in [0.2, 0.25) is 17.7 Å². The van der Waals surface area contributed by atoms with Crippen molar-refractivity contribution in [2.75, 3.05) is 16.0 Å². The largest absolute Gasteiger partial charge is 0.393 e. The van der Waals surface area contributed by atoms with Crippen LogP contribution < -0.4 is 31.9 Å². The van der Waals surface area contributed by atoms with Crippen molar-refractivity contribution in [1.29, 1.82) is 0 Å². The van der Waals surface area contributed by atoms with Crippen LogP contribution in [-0.2, 0) is 45.0 Å². The molecule has 0 aromatic heterocycles. The molecule has 9 N–H and O–H groups in total. The maximum Gasteiger partial charge on any atom is 0.237 e. The topological polar surface area (TPSA) is 235 Å². The van der Waals surface area contributed by atoms with E-state index in [0.717, 1.165) is 38.5 Å². The molecule has 3 aliphatic carbocycles. The summed E-state index contributed by atoms with van der Waals surface area (Å²) in [6.45, 7) is 18.8. The molecular weight excluding hydrogens is 1580 g/mol. The molecule has 3 saturated carbocycles. The normalized spacial score (nSPS) is 30.9. The number of Topliss-reactive ketones (excluding diaryl/α,β-unsaturated/α-hetero) is 3. The Hall–Kier alpha value is -5.97. The highest BCUT2D eigenvalue weighted by Crippen LogP contribution is 2.62. The zero-order valence-corrected chi connectivity index (χ0v) is 70.5. The summed E-state index contributed by atoms with van der Waals surface area (Å²) in [5.74, 6) is -4.71. The third kappa shape index (κ3) is 16.8. The van der Waals surface area contributed by atoms with E-state index in [4.69, 9.17) is 69.6 Å². The van der Waals surface area contributed by atoms with Crippen LogP contribution in [0.4, 0.5) is 30.2 Å². The second-order valence-electron chi connectivity index (χ2n) is 37.3. The van der Waals surface area contributed by atoms with Crippen LogP contribution in [0.5, 0.6) is 0 Å². The maximum absolute atomic E-state index is 15.8. The Labute approximate surface area is 696 Å². The Morgan fingerprint density at radius 1 is 0.377 bits per heavy atom. The van der Waals surface area contributed by atoms with Gasteiger partial charge in [-0.2, -0.15) is 0 Å². The number of ketones is 3. The van der Waals surface area contributed by atoms with Gasteiger partial charge < -0.3 is 47.2 Å². The van der Waals surface area contributed by atoms with Crippen LogP contribution in [0.15, 0.2) is 109 Å². The third-order valence-corrected chi connectivity index (χ3v) is 27.4. The summed E-state index contributed by atoms with van der Waals surface area (Å²) in [6, 6.07) is 26.6. The van der Waals surface area contributed by atoms with E-state index >= 15 is 13.2 Å². The number of halogens is 9. The highest BCUT2D eigenvalue weighted by Gasteiger charge is 2.69. The van der Waals surface area contributed by atoms with Crippen LogP contribution in [0.25, 0.3) is 0 Å². The lowest BCUT2D eigenvalue weighted by Gasteiger charge is -2.38. The fourth-order valence-electron chi connectivity index (χ4n) is 20.9. The summed E-state index contributed by atoms with van der Waals surface area (Å²) in [5.41, 5.74) is 0.437. The van der Waals surface area contributed by atoms with E-state index < -0.39 is 87.7 Å². The molecule has 0 bridgehead atoms. The number of carbonyl (C=O) groups is 6. The number of anilines is 3. The lowest BCUT2D eigenvalue weighted by atomic mass is 9.62. The number of hydrogen-bond acceptors (Lipinski definition) is 12. The van der Waals surface area contributed by atoms with Crippen LogP contribution in [-0.4, -0.2) is 105 Å². The van der Waals surface area contributed by atoms with Gasteiger partial charge in [-0.25, -0.2) is 13.2 Å². The van der Waals surface area contributed by atoms with E-state index in [9.17, 15) is 44.1 Å². The number of hydrogen-bond donors (Lipinski definition) is 9. The van der Waals surface area contributed by atoms with Crippen molar-refractivity contribution in [2.24, 2.45) is 34.0 Å². The van der Waals surface area contributed by atoms with Crippen LogP contribution >= 0.6 is 69.6 Å². The fraction of sp³-hybridized carbons (Fsp3) is 0.533. The second kappa shape index (κ2) is 33.7. The van der Waals surface area contributed by atoms with E-state index in [1.807, 2.05) is 18.2 Å². The molecule has 6 heterocycles. The van der Waals surface area contributed by atoms with Crippen molar-refractivity contribution in [2.45, 2.75) is 266 Å². The van der Waals surface area contributed by atoms with E-state index in [-0.39, 0.29) is 119 Å². The second-order valence-corrected chi connectivity index (χ2v) is 39.9. The number of carbonyl (C=O) groups excluding carboxylic acids is 6. The Morgan fingerprint density at radius 2 is 0.614 bits per heavy atom.